The predicted octanol–water partition coefficient (Wildman–Crippen LogP) is 1.74. The molecule has 2 fully saturated rings. The molecule has 0 aromatic carbocycles. The fraction of sp³-hybridized carbons (Fsp3) is 0.833. The molecule has 2 rings (SSSR count). The van der Waals surface area contributed by atoms with E-state index >= 15 is 0 Å². The number of Topliss-reactive ketones (excluding diaryl/α,β-unsaturated/α-hetero) is 2. The third kappa shape index (κ3) is 1.98. The van der Waals surface area contributed by atoms with Crippen molar-refractivity contribution < 1.29 is 14.3 Å². The lowest BCUT2D eigenvalue weighted by Gasteiger charge is -2.28. The maximum Gasteiger partial charge on any atom is 0.171 e. The largest absolute Gasteiger partial charge is 0.374 e. The average molecular weight is 210 g/mol. The molecule has 0 N–H and O–H groups in total. The molecule has 0 aromatic heterocycles. The van der Waals surface area contributed by atoms with E-state index in [0.29, 0.717) is 11.8 Å². The van der Waals surface area contributed by atoms with Gasteiger partial charge in [-0.1, -0.05) is 0 Å². The van der Waals surface area contributed by atoms with Gasteiger partial charge in [0.25, 0.3) is 0 Å². The Morgan fingerprint density at radius 3 is 2.67 bits per heavy atom. The maximum atomic E-state index is 11.9. The molecule has 0 heterocycles. The van der Waals surface area contributed by atoms with E-state index in [4.69, 9.17) is 4.74 Å². The van der Waals surface area contributed by atoms with Gasteiger partial charge in [-0.2, -0.15) is 0 Å². The summed E-state index contributed by atoms with van der Waals surface area (Å²) in [6.45, 7) is 1.73. The summed E-state index contributed by atoms with van der Waals surface area (Å²) in [4.78, 5) is 23.6. The van der Waals surface area contributed by atoms with Crippen LogP contribution in [0.4, 0.5) is 0 Å². The summed E-state index contributed by atoms with van der Waals surface area (Å²) >= 11 is 0. The molecular formula is C12H18O3. The molecule has 2 saturated carbocycles. The van der Waals surface area contributed by atoms with E-state index in [2.05, 4.69) is 0 Å². The summed E-state index contributed by atoms with van der Waals surface area (Å²) in [7, 11) is 1.52. The van der Waals surface area contributed by atoms with Crippen LogP contribution >= 0.6 is 0 Å². The van der Waals surface area contributed by atoms with Crippen molar-refractivity contribution in [1.82, 2.24) is 0 Å². The number of rotatable bonds is 3. The Morgan fingerprint density at radius 2 is 2.13 bits per heavy atom. The molecule has 84 valence electrons. The second-order valence-electron chi connectivity index (χ2n) is 5.00. The van der Waals surface area contributed by atoms with Crippen molar-refractivity contribution in [3.63, 3.8) is 0 Å². The highest BCUT2D eigenvalue weighted by molar-refractivity contribution is 6.04. The summed E-state index contributed by atoms with van der Waals surface area (Å²) in [5, 5.41) is 0. The standard InChI is InChI=1S/C12H18O3/c1-8(15-2)11(14)9-7-12(5-6-12)4-3-10(9)13/h8-9H,3-7H2,1-2H3. The van der Waals surface area contributed by atoms with Gasteiger partial charge >= 0.3 is 0 Å². The highest BCUT2D eigenvalue weighted by Gasteiger charge is 2.50. The van der Waals surface area contributed by atoms with Gasteiger partial charge in [0.15, 0.2) is 5.78 Å². The predicted molar refractivity (Wildman–Crippen MR) is 55.5 cm³/mol. The number of carbonyl (C=O) groups is 2. The summed E-state index contributed by atoms with van der Waals surface area (Å²) in [6, 6.07) is 0. The lowest BCUT2D eigenvalue weighted by atomic mass is 9.75. The van der Waals surface area contributed by atoms with Crippen molar-refractivity contribution in [2.45, 2.75) is 45.1 Å². The first-order chi connectivity index (χ1) is 7.08. The Labute approximate surface area is 90.2 Å². The van der Waals surface area contributed by atoms with E-state index in [-0.39, 0.29) is 17.5 Å². The molecule has 2 aliphatic rings. The highest BCUT2D eigenvalue weighted by atomic mass is 16.5. The van der Waals surface area contributed by atoms with Crippen LogP contribution in [0.3, 0.4) is 0 Å². The van der Waals surface area contributed by atoms with Crippen molar-refractivity contribution >= 4 is 11.6 Å². The second kappa shape index (κ2) is 3.71. The second-order valence-corrected chi connectivity index (χ2v) is 5.00. The molecule has 15 heavy (non-hydrogen) atoms. The van der Waals surface area contributed by atoms with Crippen LogP contribution in [0.15, 0.2) is 0 Å². The Balaban J connectivity index is 2.05. The van der Waals surface area contributed by atoms with Gasteiger partial charge in [0.2, 0.25) is 0 Å². The Bertz CT molecular complexity index is 291. The van der Waals surface area contributed by atoms with Crippen molar-refractivity contribution in [1.29, 1.82) is 0 Å². The van der Waals surface area contributed by atoms with Gasteiger partial charge in [-0.15, -0.1) is 0 Å². The first kappa shape index (κ1) is 10.8. The van der Waals surface area contributed by atoms with E-state index in [1.807, 2.05) is 0 Å². The molecule has 1 spiro atoms. The number of hydrogen-bond acceptors (Lipinski definition) is 3. The average Bonchev–Trinajstić information content (AvgIpc) is 3.00. The molecule has 2 atom stereocenters. The van der Waals surface area contributed by atoms with Crippen LogP contribution < -0.4 is 0 Å². The fourth-order valence-corrected chi connectivity index (χ4v) is 2.50. The van der Waals surface area contributed by atoms with Gasteiger partial charge in [-0.25, -0.2) is 0 Å². The number of ether oxygens (including phenoxy) is 1. The topological polar surface area (TPSA) is 43.4 Å². The number of methoxy groups -OCH3 is 1. The maximum absolute atomic E-state index is 11.9. The van der Waals surface area contributed by atoms with E-state index in [9.17, 15) is 9.59 Å². The summed E-state index contributed by atoms with van der Waals surface area (Å²) in [5.41, 5.74) is 0.349. The molecule has 0 saturated heterocycles. The molecule has 0 radical (unpaired) electrons. The Kier molecular flexibility index (Phi) is 2.67. The van der Waals surface area contributed by atoms with Crippen molar-refractivity contribution in [2.75, 3.05) is 7.11 Å². The van der Waals surface area contributed by atoms with Gasteiger partial charge in [-0.05, 0) is 38.0 Å². The molecule has 3 heteroatoms. The summed E-state index contributed by atoms with van der Waals surface area (Å²) < 4.78 is 5.00. The highest BCUT2D eigenvalue weighted by Crippen LogP contribution is 2.57. The van der Waals surface area contributed by atoms with Crippen LogP contribution in [0.5, 0.6) is 0 Å². The molecule has 0 amide bonds. The number of carbonyl (C=O) groups excluding carboxylic acids is 2. The van der Waals surface area contributed by atoms with Crippen LogP contribution in [0.1, 0.15) is 39.0 Å². The number of ketones is 2. The minimum Gasteiger partial charge on any atom is -0.374 e. The van der Waals surface area contributed by atoms with Crippen molar-refractivity contribution in [3.8, 4) is 0 Å². The van der Waals surface area contributed by atoms with Crippen LogP contribution in [0.25, 0.3) is 0 Å². The molecule has 2 aliphatic carbocycles. The van der Waals surface area contributed by atoms with Gasteiger partial charge in [0.05, 0.1) is 5.92 Å². The molecule has 0 aliphatic heterocycles. The number of hydrogen-bond donors (Lipinski definition) is 0. The quantitative estimate of drug-likeness (QED) is 0.666. The van der Waals surface area contributed by atoms with E-state index in [1.54, 1.807) is 6.92 Å². The molecule has 0 aromatic rings. The molecule has 2 unspecified atom stereocenters. The molecule has 0 bridgehead atoms. The van der Waals surface area contributed by atoms with Crippen LogP contribution in [0, 0.1) is 11.3 Å². The zero-order valence-corrected chi connectivity index (χ0v) is 9.41. The first-order valence-electron chi connectivity index (χ1n) is 5.67. The van der Waals surface area contributed by atoms with Gasteiger partial charge in [-0.3, -0.25) is 9.59 Å². The lowest BCUT2D eigenvalue weighted by molar-refractivity contribution is -0.141. The molecule has 3 nitrogen and oxygen atoms in total. The minimum absolute atomic E-state index is 0.0199. The normalized spacial score (nSPS) is 30.3. The zero-order valence-electron chi connectivity index (χ0n) is 9.41. The van der Waals surface area contributed by atoms with Gasteiger partial charge in [0, 0.05) is 13.5 Å². The SMILES string of the molecule is COC(C)C(=O)C1CC2(CCC1=O)CC2. The van der Waals surface area contributed by atoms with Crippen molar-refractivity contribution in [3.05, 3.63) is 0 Å². The Hall–Kier alpha value is -0.700. The summed E-state index contributed by atoms with van der Waals surface area (Å²) in [5.74, 6) is -0.272. The zero-order chi connectivity index (χ0) is 11.1. The third-order valence-electron chi connectivity index (χ3n) is 3.98. The van der Waals surface area contributed by atoms with Crippen LogP contribution in [0.2, 0.25) is 0 Å². The van der Waals surface area contributed by atoms with Crippen LogP contribution in [-0.2, 0) is 14.3 Å². The van der Waals surface area contributed by atoms with E-state index < -0.39 is 6.10 Å². The minimum atomic E-state index is -0.437. The summed E-state index contributed by atoms with van der Waals surface area (Å²) in [6.07, 6.45) is 4.33. The van der Waals surface area contributed by atoms with Gasteiger partial charge in [0.1, 0.15) is 11.9 Å². The Morgan fingerprint density at radius 1 is 1.47 bits per heavy atom. The van der Waals surface area contributed by atoms with Crippen LogP contribution in [-0.4, -0.2) is 24.8 Å². The molecular weight excluding hydrogens is 192 g/mol. The van der Waals surface area contributed by atoms with E-state index in [1.165, 1.54) is 20.0 Å². The lowest BCUT2D eigenvalue weighted by Crippen LogP contribution is -2.37. The first-order valence-corrected chi connectivity index (χ1v) is 5.67. The smallest absolute Gasteiger partial charge is 0.171 e. The third-order valence-corrected chi connectivity index (χ3v) is 3.98. The van der Waals surface area contributed by atoms with Crippen molar-refractivity contribution in [2.24, 2.45) is 11.3 Å². The van der Waals surface area contributed by atoms with Gasteiger partial charge < -0.3 is 4.74 Å². The van der Waals surface area contributed by atoms with E-state index in [0.717, 1.165) is 12.8 Å². The monoisotopic (exact) mass is 210 g/mol. The fourth-order valence-electron chi connectivity index (χ4n) is 2.50.